The number of rotatable bonds is 7. The van der Waals surface area contributed by atoms with E-state index in [0.29, 0.717) is 6.04 Å². The molecule has 0 saturated heterocycles. The Morgan fingerprint density at radius 3 is 2.81 bits per heavy atom. The zero-order valence-electron chi connectivity index (χ0n) is 13.0. The number of pyridine rings is 1. The van der Waals surface area contributed by atoms with Crippen LogP contribution in [0.15, 0.2) is 35.3 Å². The molecule has 0 bridgehead atoms. The fraction of sp³-hybridized carbons (Fsp3) is 0.500. The van der Waals surface area contributed by atoms with E-state index in [2.05, 4.69) is 30.3 Å². The van der Waals surface area contributed by atoms with Gasteiger partial charge in [-0.2, -0.15) is 5.10 Å². The highest BCUT2D eigenvalue weighted by Gasteiger charge is 2.06. The molecule has 0 saturated carbocycles. The Morgan fingerprint density at radius 1 is 1.33 bits per heavy atom. The van der Waals surface area contributed by atoms with Crippen molar-refractivity contribution in [1.82, 2.24) is 19.7 Å². The van der Waals surface area contributed by atoms with E-state index in [9.17, 15) is 4.79 Å². The molecule has 0 aliphatic carbocycles. The molecule has 0 aromatic carbocycles. The number of aryl methyl sites for hydroxylation is 3. The van der Waals surface area contributed by atoms with Crippen LogP contribution in [0.3, 0.4) is 0 Å². The van der Waals surface area contributed by atoms with E-state index >= 15 is 0 Å². The molecule has 1 N–H and O–H groups in total. The second-order valence-electron chi connectivity index (χ2n) is 5.55. The maximum Gasteiger partial charge on any atom is 0.250 e. The first-order chi connectivity index (χ1) is 10.1. The Kier molecular flexibility index (Phi) is 5.33. The lowest BCUT2D eigenvalue weighted by Crippen LogP contribution is -2.32. The summed E-state index contributed by atoms with van der Waals surface area (Å²) in [5.74, 6) is 0. The van der Waals surface area contributed by atoms with Gasteiger partial charge in [0.2, 0.25) is 5.56 Å². The first-order valence-electron chi connectivity index (χ1n) is 7.46. The van der Waals surface area contributed by atoms with Crippen LogP contribution in [0.25, 0.3) is 0 Å². The lowest BCUT2D eigenvalue weighted by Gasteiger charge is -2.15. The highest BCUT2D eigenvalue weighted by molar-refractivity contribution is 5.06. The highest BCUT2D eigenvalue weighted by Crippen LogP contribution is 2.02. The van der Waals surface area contributed by atoms with Gasteiger partial charge in [0.05, 0.1) is 12.2 Å². The molecule has 21 heavy (non-hydrogen) atoms. The standard InChI is InChI=1S/C16H24N4O/c1-13-11-15(3)20(18-13)12-14(2)17-8-6-10-19-9-5-4-7-16(19)21/h4-5,7,9,11,14,17H,6,8,10,12H2,1-3H3. The molecule has 0 amide bonds. The summed E-state index contributed by atoms with van der Waals surface area (Å²) in [5, 5.41) is 7.95. The maximum absolute atomic E-state index is 11.6. The first kappa shape index (κ1) is 15.5. The average molecular weight is 288 g/mol. The maximum atomic E-state index is 11.6. The molecule has 2 rings (SSSR count). The molecular weight excluding hydrogens is 264 g/mol. The predicted octanol–water partition coefficient (Wildman–Crippen LogP) is 1.73. The normalized spacial score (nSPS) is 12.5. The minimum Gasteiger partial charge on any atom is -0.315 e. The lowest BCUT2D eigenvalue weighted by atomic mass is 10.3. The van der Waals surface area contributed by atoms with Crippen LogP contribution < -0.4 is 10.9 Å². The molecule has 0 fully saturated rings. The van der Waals surface area contributed by atoms with Gasteiger partial charge in [0.1, 0.15) is 0 Å². The van der Waals surface area contributed by atoms with Gasteiger partial charge >= 0.3 is 0 Å². The van der Waals surface area contributed by atoms with Crippen LogP contribution in [0.1, 0.15) is 24.7 Å². The van der Waals surface area contributed by atoms with Gasteiger partial charge in [-0.15, -0.1) is 0 Å². The molecule has 0 spiro atoms. The van der Waals surface area contributed by atoms with Crippen LogP contribution in [-0.4, -0.2) is 26.9 Å². The molecule has 0 aliphatic heterocycles. The smallest absolute Gasteiger partial charge is 0.250 e. The number of nitrogens with one attached hydrogen (secondary N) is 1. The molecule has 5 nitrogen and oxygen atoms in total. The minimum absolute atomic E-state index is 0.0631. The summed E-state index contributed by atoms with van der Waals surface area (Å²) in [6.45, 7) is 8.75. The summed E-state index contributed by atoms with van der Waals surface area (Å²) in [4.78, 5) is 11.6. The summed E-state index contributed by atoms with van der Waals surface area (Å²) in [5.41, 5.74) is 2.31. The van der Waals surface area contributed by atoms with Crippen molar-refractivity contribution in [1.29, 1.82) is 0 Å². The third-order valence-corrected chi connectivity index (χ3v) is 3.52. The Hall–Kier alpha value is -1.88. The number of hydrogen-bond donors (Lipinski definition) is 1. The molecule has 2 aromatic heterocycles. The van der Waals surface area contributed by atoms with E-state index in [-0.39, 0.29) is 5.56 Å². The molecular formula is C16H24N4O. The van der Waals surface area contributed by atoms with Crippen molar-refractivity contribution in [3.63, 3.8) is 0 Å². The molecule has 0 radical (unpaired) electrons. The number of aromatic nitrogens is 3. The van der Waals surface area contributed by atoms with Crippen LogP contribution in [0, 0.1) is 13.8 Å². The molecule has 2 aromatic rings. The van der Waals surface area contributed by atoms with Gasteiger partial charge < -0.3 is 9.88 Å². The SMILES string of the molecule is Cc1cc(C)n(CC(C)NCCCn2ccccc2=O)n1. The number of nitrogens with zero attached hydrogens (tertiary/aromatic N) is 3. The van der Waals surface area contributed by atoms with Crippen LogP contribution in [0.5, 0.6) is 0 Å². The van der Waals surface area contributed by atoms with Gasteiger partial charge in [-0.3, -0.25) is 9.48 Å². The summed E-state index contributed by atoms with van der Waals surface area (Å²) in [6.07, 6.45) is 2.77. The second-order valence-corrected chi connectivity index (χ2v) is 5.55. The van der Waals surface area contributed by atoms with Gasteiger partial charge in [0.25, 0.3) is 0 Å². The topological polar surface area (TPSA) is 51.9 Å². The molecule has 114 valence electrons. The van der Waals surface area contributed by atoms with Crippen LogP contribution in [0.4, 0.5) is 0 Å². The molecule has 1 atom stereocenters. The Balaban J connectivity index is 1.72. The quantitative estimate of drug-likeness (QED) is 0.789. The van der Waals surface area contributed by atoms with Crippen molar-refractivity contribution >= 4 is 0 Å². The number of hydrogen-bond acceptors (Lipinski definition) is 3. The van der Waals surface area contributed by atoms with Crippen LogP contribution in [-0.2, 0) is 13.1 Å². The summed E-state index contributed by atoms with van der Waals surface area (Å²) < 4.78 is 3.78. The van der Waals surface area contributed by atoms with Gasteiger partial charge in [-0.05, 0) is 45.9 Å². The van der Waals surface area contributed by atoms with E-state index < -0.39 is 0 Å². The Labute approximate surface area is 125 Å². The lowest BCUT2D eigenvalue weighted by molar-refractivity contribution is 0.433. The summed E-state index contributed by atoms with van der Waals surface area (Å²) in [7, 11) is 0. The first-order valence-corrected chi connectivity index (χ1v) is 7.46. The van der Waals surface area contributed by atoms with E-state index in [1.807, 2.05) is 23.9 Å². The van der Waals surface area contributed by atoms with E-state index in [0.717, 1.165) is 31.7 Å². The van der Waals surface area contributed by atoms with E-state index in [1.54, 1.807) is 16.7 Å². The monoisotopic (exact) mass is 288 g/mol. The Morgan fingerprint density at radius 2 is 2.14 bits per heavy atom. The fourth-order valence-corrected chi connectivity index (χ4v) is 2.43. The summed E-state index contributed by atoms with van der Waals surface area (Å²) >= 11 is 0. The molecule has 2 heterocycles. The predicted molar refractivity (Wildman–Crippen MR) is 84.5 cm³/mol. The van der Waals surface area contributed by atoms with Crippen molar-refractivity contribution in [3.05, 3.63) is 52.2 Å². The van der Waals surface area contributed by atoms with Crippen LogP contribution in [0.2, 0.25) is 0 Å². The highest BCUT2D eigenvalue weighted by atomic mass is 16.1. The van der Waals surface area contributed by atoms with Gasteiger partial charge in [0, 0.05) is 30.5 Å². The minimum atomic E-state index is 0.0631. The Bertz CT molecular complexity index is 629. The van der Waals surface area contributed by atoms with Crippen molar-refractivity contribution in [2.45, 2.75) is 46.3 Å². The third-order valence-electron chi connectivity index (χ3n) is 3.52. The van der Waals surface area contributed by atoms with Gasteiger partial charge in [0.15, 0.2) is 0 Å². The molecule has 0 aliphatic rings. The van der Waals surface area contributed by atoms with E-state index in [4.69, 9.17) is 0 Å². The zero-order chi connectivity index (χ0) is 15.2. The van der Waals surface area contributed by atoms with E-state index in [1.165, 1.54) is 5.69 Å². The van der Waals surface area contributed by atoms with Crippen molar-refractivity contribution in [2.24, 2.45) is 0 Å². The molecule has 1 unspecified atom stereocenters. The van der Waals surface area contributed by atoms with Gasteiger partial charge in [-0.25, -0.2) is 0 Å². The average Bonchev–Trinajstić information content (AvgIpc) is 2.75. The van der Waals surface area contributed by atoms with Crippen LogP contribution >= 0.6 is 0 Å². The van der Waals surface area contributed by atoms with Crippen molar-refractivity contribution in [2.75, 3.05) is 6.54 Å². The largest absolute Gasteiger partial charge is 0.315 e. The zero-order valence-corrected chi connectivity index (χ0v) is 13.0. The fourth-order valence-electron chi connectivity index (χ4n) is 2.43. The third kappa shape index (κ3) is 4.56. The van der Waals surface area contributed by atoms with Crippen molar-refractivity contribution < 1.29 is 0 Å². The summed E-state index contributed by atoms with van der Waals surface area (Å²) in [6, 6.07) is 7.71. The second kappa shape index (κ2) is 7.22. The van der Waals surface area contributed by atoms with Crippen molar-refractivity contribution in [3.8, 4) is 0 Å². The molecule has 5 heteroatoms. The van der Waals surface area contributed by atoms with Gasteiger partial charge in [-0.1, -0.05) is 6.07 Å².